The van der Waals surface area contributed by atoms with Crippen molar-refractivity contribution in [3.8, 4) is 0 Å². The van der Waals surface area contributed by atoms with Crippen LogP contribution in [-0.2, 0) is 9.53 Å². The third-order valence-electron chi connectivity index (χ3n) is 3.59. The molecule has 3 nitrogen and oxygen atoms in total. The van der Waals surface area contributed by atoms with Crippen LogP contribution in [-0.4, -0.2) is 20.1 Å². The molecule has 0 bridgehead atoms. The minimum absolute atomic E-state index is 0.341. The second-order valence-corrected chi connectivity index (χ2v) is 5.93. The summed E-state index contributed by atoms with van der Waals surface area (Å²) in [5.41, 5.74) is 3.43. The highest BCUT2D eigenvalue weighted by molar-refractivity contribution is 6.30. The summed E-state index contributed by atoms with van der Waals surface area (Å²) in [6, 6.07) is 15.2. The molecule has 0 amide bonds. The van der Waals surface area contributed by atoms with E-state index < -0.39 is 0 Å². The predicted molar refractivity (Wildman–Crippen MR) is 94.3 cm³/mol. The second kappa shape index (κ2) is 6.31. The van der Waals surface area contributed by atoms with Gasteiger partial charge in [0.25, 0.3) is 0 Å². The number of carbonyl (C=O) groups is 1. The van der Waals surface area contributed by atoms with Crippen molar-refractivity contribution < 1.29 is 9.53 Å². The Bertz CT molecular complexity index is 787. The lowest BCUT2D eigenvalue weighted by Gasteiger charge is -2.11. The van der Waals surface area contributed by atoms with Crippen LogP contribution in [0, 0.1) is 0 Å². The van der Waals surface area contributed by atoms with Crippen molar-refractivity contribution in [2.75, 3.05) is 19.0 Å². The summed E-state index contributed by atoms with van der Waals surface area (Å²) in [6.45, 7) is 0. The first-order valence-electron chi connectivity index (χ1n) is 7.22. The van der Waals surface area contributed by atoms with Crippen LogP contribution < -0.4 is 4.90 Å². The molecule has 0 unspecified atom stereocenters. The van der Waals surface area contributed by atoms with Gasteiger partial charge in [-0.05, 0) is 54.1 Å². The van der Waals surface area contributed by atoms with Gasteiger partial charge < -0.3 is 9.64 Å². The van der Waals surface area contributed by atoms with E-state index in [4.69, 9.17) is 16.3 Å². The Hall–Kier alpha value is -2.52. The van der Waals surface area contributed by atoms with Gasteiger partial charge in [0.05, 0.1) is 5.57 Å². The highest BCUT2D eigenvalue weighted by Gasteiger charge is 2.21. The van der Waals surface area contributed by atoms with Crippen molar-refractivity contribution in [1.29, 1.82) is 0 Å². The number of carbonyl (C=O) groups excluding carboxylic acids is 1. The fourth-order valence-electron chi connectivity index (χ4n) is 2.29. The van der Waals surface area contributed by atoms with Crippen molar-refractivity contribution in [2.24, 2.45) is 0 Å². The van der Waals surface area contributed by atoms with Gasteiger partial charge in [-0.1, -0.05) is 23.7 Å². The van der Waals surface area contributed by atoms with E-state index in [0.717, 1.165) is 16.8 Å². The van der Waals surface area contributed by atoms with Crippen molar-refractivity contribution in [3.63, 3.8) is 0 Å². The minimum Gasteiger partial charge on any atom is -0.422 e. The van der Waals surface area contributed by atoms with Crippen LogP contribution in [0.15, 0.2) is 60.2 Å². The number of rotatable bonds is 3. The molecule has 4 heteroatoms. The number of esters is 1. The predicted octanol–water partition coefficient (Wildman–Crippen LogP) is 4.39. The maximum absolute atomic E-state index is 12.0. The van der Waals surface area contributed by atoms with Crippen LogP contribution in [0.5, 0.6) is 0 Å². The van der Waals surface area contributed by atoms with Gasteiger partial charge in [-0.15, -0.1) is 0 Å². The van der Waals surface area contributed by atoms with Crippen molar-refractivity contribution in [3.05, 3.63) is 76.3 Å². The smallest absolute Gasteiger partial charge is 0.343 e. The fraction of sp³-hybridized carbons (Fsp3) is 0.105. The topological polar surface area (TPSA) is 29.5 Å². The summed E-state index contributed by atoms with van der Waals surface area (Å²) >= 11 is 5.88. The van der Waals surface area contributed by atoms with E-state index in [2.05, 4.69) is 0 Å². The molecule has 0 fully saturated rings. The van der Waals surface area contributed by atoms with Gasteiger partial charge in [0.1, 0.15) is 5.76 Å². The number of hydrogen-bond donors (Lipinski definition) is 0. The van der Waals surface area contributed by atoms with Crippen molar-refractivity contribution in [1.82, 2.24) is 0 Å². The van der Waals surface area contributed by atoms with Crippen LogP contribution in [0.25, 0.3) is 11.8 Å². The maximum Gasteiger partial charge on any atom is 0.343 e. The number of nitrogens with zero attached hydrogens (tertiary/aromatic N) is 1. The highest BCUT2D eigenvalue weighted by Crippen LogP contribution is 2.28. The van der Waals surface area contributed by atoms with Gasteiger partial charge in [-0.3, -0.25) is 0 Å². The van der Waals surface area contributed by atoms with Crippen LogP contribution in [0.3, 0.4) is 0 Å². The van der Waals surface area contributed by atoms with Gasteiger partial charge in [0.2, 0.25) is 0 Å². The molecule has 0 aliphatic carbocycles. The molecule has 1 heterocycles. The maximum atomic E-state index is 12.0. The highest BCUT2D eigenvalue weighted by atomic mass is 35.5. The average molecular weight is 326 g/mol. The van der Waals surface area contributed by atoms with Crippen LogP contribution in [0.1, 0.15) is 11.1 Å². The molecule has 116 valence electrons. The molecular formula is C19H16ClNO2. The van der Waals surface area contributed by atoms with Crippen molar-refractivity contribution >= 4 is 35.1 Å². The van der Waals surface area contributed by atoms with Crippen LogP contribution in [0.2, 0.25) is 5.02 Å². The van der Waals surface area contributed by atoms with E-state index in [9.17, 15) is 4.79 Å². The molecule has 23 heavy (non-hydrogen) atoms. The van der Waals surface area contributed by atoms with E-state index in [1.165, 1.54) is 0 Å². The molecule has 0 N–H and O–H groups in total. The number of halogens is 1. The van der Waals surface area contributed by atoms with Gasteiger partial charge in [0, 0.05) is 30.4 Å². The van der Waals surface area contributed by atoms with Gasteiger partial charge in [-0.25, -0.2) is 4.79 Å². The van der Waals surface area contributed by atoms with E-state index in [0.29, 0.717) is 16.4 Å². The Labute approximate surface area is 140 Å². The monoisotopic (exact) mass is 325 g/mol. The van der Waals surface area contributed by atoms with E-state index in [1.807, 2.05) is 61.5 Å². The molecular weight excluding hydrogens is 310 g/mol. The average Bonchev–Trinajstić information content (AvgIpc) is 2.89. The molecule has 0 atom stereocenters. The molecule has 0 spiro atoms. The second-order valence-electron chi connectivity index (χ2n) is 5.49. The van der Waals surface area contributed by atoms with E-state index in [1.54, 1.807) is 18.2 Å². The van der Waals surface area contributed by atoms with E-state index >= 15 is 0 Å². The Kier molecular flexibility index (Phi) is 4.22. The number of anilines is 1. The number of benzene rings is 2. The summed E-state index contributed by atoms with van der Waals surface area (Å²) < 4.78 is 5.34. The summed E-state index contributed by atoms with van der Waals surface area (Å²) in [5.74, 6) is 0.203. The first kappa shape index (κ1) is 15.4. The summed E-state index contributed by atoms with van der Waals surface area (Å²) in [5, 5.41) is 0.649. The zero-order valence-corrected chi connectivity index (χ0v) is 13.7. The Morgan fingerprint density at radius 2 is 1.65 bits per heavy atom. The summed E-state index contributed by atoms with van der Waals surface area (Å²) in [6.07, 6.45) is 3.58. The SMILES string of the molecule is CN(C)c1ccc(C=C2C=C(c3ccc(Cl)cc3)OC2=O)cc1. The zero-order chi connectivity index (χ0) is 16.4. The first-order valence-corrected chi connectivity index (χ1v) is 7.59. The molecule has 0 saturated heterocycles. The minimum atomic E-state index is -0.341. The van der Waals surface area contributed by atoms with Crippen LogP contribution in [0.4, 0.5) is 5.69 Å². The molecule has 1 aliphatic heterocycles. The molecule has 2 aromatic carbocycles. The van der Waals surface area contributed by atoms with Crippen molar-refractivity contribution in [2.45, 2.75) is 0 Å². The quantitative estimate of drug-likeness (QED) is 0.619. The lowest BCUT2D eigenvalue weighted by molar-refractivity contribution is -0.130. The standard InChI is InChI=1S/C19H16ClNO2/c1-21(2)17-9-3-13(4-10-17)11-15-12-18(23-19(15)22)14-5-7-16(20)8-6-14/h3-12H,1-2H3. The van der Waals surface area contributed by atoms with Gasteiger partial charge in [0.15, 0.2) is 0 Å². The van der Waals surface area contributed by atoms with Gasteiger partial charge in [-0.2, -0.15) is 0 Å². The molecule has 0 aromatic heterocycles. The van der Waals surface area contributed by atoms with Gasteiger partial charge >= 0.3 is 5.97 Å². The summed E-state index contributed by atoms with van der Waals surface area (Å²) in [4.78, 5) is 14.1. The molecule has 2 aromatic rings. The Morgan fingerprint density at radius 1 is 1.00 bits per heavy atom. The molecule has 0 radical (unpaired) electrons. The Morgan fingerprint density at radius 3 is 2.26 bits per heavy atom. The zero-order valence-electron chi connectivity index (χ0n) is 12.9. The molecule has 0 saturated carbocycles. The number of ether oxygens (including phenoxy) is 1. The number of hydrogen-bond acceptors (Lipinski definition) is 3. The largest absolute Gasteiger partial charge is 0.422 e. The van der Waals surface area contributed by atoms with Crippen LogP contribution >= 0.6 is 11.6 Å². The third kappa shape index (κ3) is 3.46. The molecule has 3 rings (SSSR count). The molecule has 1 aliphatic rings. The summed E-state index contributed by atoms with van der Waals surface area (Å²) in [7, 11) is 3.98. The lowest BCUT2D eigenvalue weighted by Crippen LogP contribution is -2.07. The fourth-order valence-corrected chi connectivity index (χ4v) is 2.42. The third-order valence-corrected chi connectivity index (χ3v) is 3.84. The first-order chi connectivity index (χ1) is 11.0. The lowest BCUT2D eigenvalue weighted by atomic mass is 10.1. The normalized spacial score (nSPS) is 15.5. The van der Waals surface area contributed by atoms with E-state index in [-0.39, 0.29) is 5.97 Å². The number of cyclic esters (lactones) is 1. The Balaban J connectivity index is 1.87.